The van der Waals surface area contributed by atoms with E-state index < -0.39 is 0 Å². The summed E-state index contributed by atoms with van der Waals surface area (Å²) in [5.41, 5.74) is 1.19. The lowest BCUT2D eigenvalue weighted by Gasteiger charge is -2.10. The fourth-order valence-electron chi connectivity index (χ4n) is 1.24. The minimum atomic E-state index is 0.391. The summed E-state index contributed by atoms with van der Waals surface area (Å²) in [6.07, 6.45) is 0. The van der Waals surface area contributed by atoms with Crippen LogP contribution in [0.3, 0.4) is 0 Å². The van der Waals surface area contributed by atoms with E-state index in [0.717, 1.165) is 10.6 Å². The summed E-state index contributed by atoms with van der Waals surface area (Å²) >= 11 is 1.60. The first-order chi connectivity index (χ1) is 7.70. The Labute approximate surface area is 97.8 Å². The standard InChI is InChI=1S/C11H10N4S/c1-15(2)11-13-8(7-12)6-9(14-11)10-4-3-5-16-10/h3-6H,1-2H3. The van der Waals surface area contributed by atoms with Crippen LogP contribution < -0.4 is 4.90 Å². The van der Waals surface area contributed by atoms with Gasteiger partial charge in [0.2, 0.25) is 5.95 Å². The van der Waals surface area contributed by atoms with Gasteiger partial charge in [-0.05, 0) is 11.4 Å². The van der Waals surface area contributed by atoms with Crippen LogP contribution in [0.1, 0.15) is 5.69 Å². The van der Waals surface area contributed by atoms with Gasteiger partial charge in [0.15, 0.2) is 0 Å². The fraction of sp³-hybridized carbons (Fsp3) is 0.182. The van der Waals surface area contributed by atoms with Crippen molar-refractivity contribution >= 4 is 17.3 Å². The van der Waals surface area contributed by atoms with Crippen LogP contribution >= 0.6 is 11.3 Å². The van der Waals surface area contributed by atoms with E-state index in [-0.39, 0.29) is 0 Å². The molecule has 0 aromatic carbocycles. The van der Waals surface area contributed by atoms with Gasteiger partial charge in [0.25, 0.3) is 0 Å². The molecule has 80 valence electrons. The normalized spacial score (nSPS) is 9.81. The third kappa shape index (κ3) is 2.02. The molecule has 0 aliphatic carbocycles. The molecule has 5 heteroatoms. The van der Waals surface area contributed by atoms with Crippen LogP contribution in [-0.4, -0.2) is 24.1 Å². The number of nitrogens with zero attached hydrogens (tertiary/aromatic N) is 4. The maximum absolute atomic E-state index is 8.91. The Kier molecular flexibility index (Phi) is 2.84. The second kappa shape index (κ2) is 4.29. The molecule has 0 saturated heterocycles. The molecule has 4 nitrogen and oxygen atoms in total. The molecule has 0 N–H and O–H groups in total. The third-order valence-corrected chi connectivity index (χ3v) is 2.89. The van der Waals surface area contributed by atoms with Gasteiger partial charge in [-0.25, -0.2) is 9.97 Å². The fourth-order valence-corrected chi connectivity index (χ4v) is 1.93. The molecule has 0 spiro atoms. The minimum absolute atomic E-state index is 0.391. The number of aromatic nitrogens is 2. The Balaban J connectivity index is 2.55. The highest BCUT2D eigenvalue weighted by Crippen LogP contribution is 2.24. The van der Waals surface area contributed by atoms with Crippen molar-refractivity contribution in [3.63, 3.8) is 0 Å². The highest BCUT2D eigenvalue weighted by Gasteiger charge is 2.08. The summed E-state index contributed by atoms with van der Waals surface area (Å²) < 4.78 is 0. The van der Waals surface area contributed by atoms with E-state index in [1.165, 1.54) is 0 Å². The van der Waals surface area contributed by atoms with Crippen molar-refractivity contribution in [1.29, 1.82) is 5.26 Å². The van der Waals surface area contributed by atoms with Crippen molar-refractivity contribution in [1.82, 2.24) is 9.97 Å². The Morgan fingerprint density at radius 3 is 2.75 bits per heavy atom. The van der Waals surface area contributed by atoms with E-state index in [1.807, 2.05) is 31.6 Å². The lowest BCUT2D eigenvalue weighted by Crippen LogP contribution is -2.13. The monoisotopic (exact) mass is 230 g/mol. The molecular formula is C11H10N4S. The van der Waals surface area contributed by atoms with Crippen LogP contribution in [-0.2, 0) is 0 Å². The summed E-state index contributed by atoms with van der Waals surface area (Å²) in [6, 6.07) is 7.70. The van der Waals surface area contributed by atoms with Crippen molar-refractivity contribution in [3.8, 4) is 16.6 Å². The van der Waals surface area contributed by atoms with Crippen molar-refractivity contribution < 1.29 is 0 Å². The van der Waals surface area contributed by atoms with Crippen LogP contribution in [0.5, 0.6) is 0 Å². The smallest absolute Gasteiger partial charge is 0.226 e. The zero-order chi connectivity index (χ0) is 11.5. The SMILES string of the molecule is CN(C)c1nc(C#N)cc(-c2cccs2)n1. The van der Waals surface area contributed by atoms with Crippen molar-refractivity contribution in [3.05, 3.63) is 29.3 Å². The molecule has 0 aliphatic heterocycles. The second-order valence-electron chi connectivity index (χ2n) is 3.42. The molecular weight excluding hydrogens is 220 g/mol. The van der Waals surface area contributed by atoms with Crippen molar-refractivity contribution in [2.75, 3.05) is 19.0 Å². The Morgan fingerprint density at radius 1 is 1.38 bits per heavy atom. The molecule has 0 saturated carbocycles. The highest BCUT2D eigenvalue weighted by molar-refractivity contribution is 7.13. The van der Waals surface area contributed by atoms with E-state index in [0.29, 0.717) is 11.6 Å². The van der Waals surface area contributed by atoms with Gasteiger partial charge in [-0.15, -0.1) is 11.3 Å². The molecule has 0 unspecified atom stereocenters. The van der Waals surface area contributed by atoms with E-state index >= 15 is 0 Å². The molecule has 0 aliphatic rings. The van der Waals surface area contributed by atoms with Crippen molar-refractivity contribution in [2.24, 2.45) is 0 Å². The Hall–Kier alpha value is -1.93. The summed E-state index contributed by atoms with van der Waals surface area (Å²) in [6.45, 7) is 0. The molecule has 0 bridgehead atoms. The molecule has 2 rings (SSSR count). The largest absolute Gasteiger partial charge is 0.347 e. The molecule has 0 amide bonds. The number of hydrogen-bond acceptors (Lipinski definition) is 5. The number of thiophene rings is 1. The minimum Gasteiger partial charge on any atom is -0.347 e. The summed E-state index contributed by atoms with van der Waals surface area (Å²) in [5.74, 6) is 0.558. The molecule has 16 heavy (non-hydrogen) atoms. The topological polar surface area (TPSA) is 52.8 Å². The van der Waals surface area contributed by atoms with E-state index in [1.54, 1.807) is 22.3 Å². The van der Waals surface area contributed by atoms with E-state index in [2.05, 4.69) is 16.0 Å². The van der Waals surface area contributed by atoms with Crippen molar-refractivity contribution in [2.45, 2.75) is 0 Å². The molecule has 2 heterocycles. The quantitative estimate of drug-likeness (QED) is 0.793. The van der Waals surface area contributed by atoms with Gasteiger partial charge in [0.1, 0.15) is 11.8 Å². The molecule has 2 aromatic rings. The number of rotatable bonds is 2. The van der Waals surface area contributed by atoms with Crippen LogP contribution in [0.4, 0.5) is 5.95 Å². The molecule has 0 fully saturated rings. The molecule has 2 aromatic heterocycles. The zero-order valence-corrected chi connectivity index (χ0v) is 9.82. The predicted molar refractivity (Wildman–Crippen MR) is 64.4 cm³/mol. The van der Waals surface area contributed by atoms with E-state index in [9.17, 15) is 0 Å². The number of hydrogen-bond donors (Lipinski definition) is 0. The van der Waals surface area contributed by atoms with Crippen LogP contribution in [0.25, 0.3) is 10.6 Å². The summed E-state index contributed by atoms with van der Waals surface area (Å²) in [5, 5.41) is 10.9. The maximum Gasteiger partial charge on any atom is 0.226 e. The first-order valence-corrected chi connectivity index (χ1v) is 5.59. The van der Waals surface area contributed by atoms with Gasteiger partial charge in [-0.3, -0.25) is 0 Å². The maximum atomic E-state index is 8.91. The lowest BCUT2D eigenvalue weighted by atomic mass is 10.3. The first-order valence-electron chi connectivity index (χ1n) is 4.71. The van der Waals surface area contributed by atoms with Gasteiger partial charge in [-0.1, -0.05) is 6.07 Å². The number of anilines is 1. The third-order valence-electron chi connectivity index (χ3n) is 2.00. The van der Waals surface area contributed by atoms with Gasteiger partial charge < -0.3 is 4.90 Å². The van der Waals surface area contributed by atoms with Gasteiger partial charge in [-0.2, -0.15) is 5.26 Å². The summed E-state index contributed by atoms with van der Waals surface area (Å²) in [7, 11) is 3.71. The Morgan fingerprint density at radius 2 is 2.19 bits per heavy atom. The van der Waals surface area contributed by atoms with Gasteiger partial charge >= 0.3 is 0 Å². The van der Waals surface area contributed by atoms with Gasteiger partial charge in [0, 0.05) is 20.2 Å². The second-order valence-corrected chi connectivity index (χ2v) is 4.37. The Bertz CT molecular complexity index is 525. The predicted octanol–water partition coefficient (Wildman–Crippen LogP) is 2.14. The van der Waals surface area contributed by atoms with Crippen LogP contribution in [0.2, 0.25) is 0 Å². The molecule has 0 atom stereocenters. The van der Waals surface area contributed by atoms with Crippen LogP contribution in [0.15, 0.2) is 23.6 Å². The lowest BCUT2D eigenvalue weighted by molar-refractivity contribution is 0.994. The molecule has 0 radical (unpaired) electrons. The van der Waals surface area contributed by atoms with Gasteiger partial charge in [0.05, 0.1) is 10.6 Å². The summed E-state index contributed by atoms with van der Waals surface area (Å²) in [4.78, 5) is 11.4. The van der Waals surface area contributed by atoms with E-state index in [4.69, 9.17) is 5.26 Å². The zero-order valence-electron chi connectivity index (χ0n) is 9.01. The average molecular weight is 230 g/mol. The first kappa shape index (κ1) is 10.6. The number of nitriles is 1. The highest BCUT2D eigenvalue weighted by atomic mass is 32.1. The van der Waals surface area contributed by atoms with Crippen LogP contribution in [0, 0.1) is 11.3 Å². The average Bonchev–Trinajstić information content (AvgIpc) is 2.81.